The largest absolute Gasteiger partial charge is 0.486 e. The second-order valence-corrected chi connectivity index (χ2v) is 7.65. The summed E-state index contributed by atoms with van der Waals surface area (Å²) in [6.07, 6.45) is 1.01. The summed E-state index contributed by atoms with van der Waals surface area (Å²) in [4.78, 5) is 14.9. The number of ether oxygens (including phenoxy) is 2. The molecule has 2 aromatic rings. The van der Waals surface area contributed by atoms with Gasteiger partial charge in [0.2, 0.25) is 0 Å². The number of hydrogen-bond acceptors (Lipinski definition) is 5. The summed E-state index contributed by atoms with van der Waals surface area (Å²) in [5.41, 5.74) is 0. The van der Waals surface area contributed by atoms with E-state index in [0.717, 1.165) is 32.7 Å². The molecule has 1 aliphatic heterocycles. The summed E-state index contributed by atoms with van der Waals surface area (Å²) in [5.74, 6) is 1.32. The topological polar surface area (TPSA) is 63.9 Å². The first-order valence-corrected chi connectivity index (χ1v) is 10.1. The fraction of sp³-hybridized carbons (Fsp3) is 0.500. The number of halogens is 1. The third-order valence-electron chi connectivity index (χ3n) is 4.88. The van der Waals surface area contributed by atoms with E-state index in [1.807, 2.05) is 0 Å². The van der Waals surface area contributed by atoms with Crippen LogP contribution in [0, 0.1) is 11.7 Å². The number of amides is 1. The average Bonchev–Trinajstić information content (AvgIpc) is 3.20. The molecule has 1 aromatic carbocycles. The number of rotatable bonds is 9. The minimum atomic E-state index is -0.317. The van der Waals surface area contributed by atoms with Crippen molar-refractivity contribution in [3.05, 3.63) is 53.7 Å². The summed E-state index contributed by atoms with van der Waals surface area (Å²) < 4.78 is 29.5. The van der Waals surface area contributed by atoms with Gasteiger partial charge in [-0.2, -0.15) is 0 Å². The quantitative estimate of drug-likeness (QED) is 0.693. The molecule has 1 atom stereocenters. The van der Waals surface area contributed by atoms with E-state index in [-0.39, 0.29) is 30.1 Å². The normalized spacial score (nSPS) is 16.0. The molecule has 0 bridgehead atoms. The summed E-state index contributed by atoms with van der Waals surface area (Å²) in [7, 11) is 0. The predicted octanol–water partition coefficient (Wildman–Crippen LogP) is 3.47. The van der Waals surface area contributed by atoms with Gasteiger partial charge in [0.1, 0.15) is 23.9 Å². The molecule has 0 aliphatic carbocycles. The molecule has 2 heterocycles. The van der Waals surface area contributed by atoms with Crippen LogP contribution in [0.15, 0.2) is 40.8 Å². The zero-order valence-corrected chi connectivity index (χ0v) is 17.0. The maximum atomic E-state index is 12.9. The van der Waals surface area contributed by atoms with Crippen LogP contribution in [0.25, 0.3) is 0 Å². The highest BCUT2D eigenvalue weighted by Crippen LogP contribution is 2.16. The maximum absolute atomic E-state index is 12.9. The van der Waals surface area contributed by atoms with Gasteiger partial charge >= 0.3 is 0 Å². The number of benzene rings is 1. The third kappa shape index (κ3) is 6.58. The van der Waals surface area contributed by atoms with E-state index in [0.29, 0.717) is 24.0 Å². The lowest BCUT2D eigenvalue weighted by atomic mass is 10.0. The van der Waals surface area contributed by atoms with E-state index in [2.05, 4.69) is 24.1 Å². The van der Waals surface area contributed by atoms with Crippen LogP contribution >= 0.6 is 0 Å². The lowest BCUT2D eigenvalue weighted by Crippen LogP contribution is -2.49. The maximum Gasteiger partial charge on any atom is 0.287 e. The van der Waals surface area contributed by atoms with Gasteiger partial charge in [0.25, 0.3) is 5.91 Å². The minimum Gasteiger partial charge on any atom is -0.486 e. The Morgan fingerprint density at radius 2 is 1.90 bits per heavy atom. The summed E-state index contributed by atoms with van der Waals surface area (Å²) in [6.45, 7) is 8.36. The molecule has 6 nitrogen and oxygen atoms in total. The predicted molar refractivity (Wildman–Crippen MR) is 107 cm³/mol. The Labute approximate surface area is 171 Å². The number of furan rings is 1. The highest BCUT2D eigenvalue weighted by Gasteiger charge is 2.23. The van der Waals surface area contributed by atoms with Crippen molar-refractivity contribution in [2.45, 2.75) is 32.9 Å². The van der Waals surface area contributed by atoms with E-state index in [1.165, 1.54) is 12.1 Å². The van der Waals surface area contributed by atoms with Crippen LogP contribution < -0.4 is 10.1 Å². The van der Waals surface area contributed by atoms with Crippen molar-refractivity contribution in [1.29, 1.82) is 0 Å². The fourth-order valence-corrected chi connectivity index (χ4v) is 3.41. The first-order valence-electron chi connectivity index (χ1n) is 10.1. The second-order valence-electron chi connectivity index (χ2n) is 7.65. The van der Waals surface area contributed by atoms with E-state index in [4.69, 9.17) is 13.9 Å². The molecule has 158 valence electrons. The van der Waals surface area contributed by atoms with Crippen molar-refractivity contribution in [2.75, 3.05) is 32.8 Å². The molecule has 7 heteroatoms. The van der Waals surface area contributed by atoms with Gasteiger partial charge in [-0.3, -0.25) is 9.69 Å². The van der Waals surface area contributed by atoms with Gasteiger partial charge in [-0.15, -0.1) is 0 Å². The van der Waals surface area contributed by atoms with E-state index in [9.17, 15) is 9.18 Å². The molecular weight excluding hydrogens is 375 g/mol. The zero-order chi connectivity index (χ0) is 20.6. The monoisotopic (exact) mass is 404 g/mol. The van der Waals surface area contributed by atoms with Crippen LogP contribution in [0.3, 0.4) is 0 Å². The highest BCUT2D eigenvalue weighted by molar-refractivity contribution is 5.91. The van der Waals surface area contributed by atoms with Crippen molar-refractivity contribution in [3.8, 4) is 5.75 Å². The molecule has 1 fully saturated rings. The van der Waals surface area contributed by atoms with Gasteiger partial charge in [0.15, 0.2) is 5.76 Å². The molecule has 0 saturated carbocycles. The van der Waals surface area contributed by atoms with Crippen LogP contribution in [0.2, 0.25) is 0 Å². The Bertz CT molecular complexity index is 769. The first kappa shape index (κ1) is 21.3. The number of nitrogens with zero attached hydrogens (tertiary/aromatic N) is 1. The molecule has 1 aliphatic rings. The highest BCUT2D eigenvalue weighted by atomic mass is 19.1. The van der Waals surface area contributed by atoms with Crippen molar-refractivity contribution >= 4 is 5.91 Å². The van der Waals surface area contributed by atoms with Gasteiger partial charge in [-0.25, -0.2) is 4.39 Å². The van der Waals surface area contributed by atoms with Crippen LogP contribution in [-0.4, -0.2) is 49.7 Å². The molecule has 1 N–H and O–H groups in total. The number of carbonyl (C=O) groups excluding carboxylic acids is 1. The summed E-state index contributed by atoms with van der Waals surface area (Å²) in [5, 5.41) is 3.00. The molecular formula is C22H29FN2O4. The van der Waals surface area contributed by atoms with Gasteiger partial charge in [-0.05, 0) is 48.7 Å². The molecule has 1 saturated heterocycles. The summed E-state index contributed by atoms with van der Waals surface area (Å²) >= 11 is 0. The van der Waals surface area contributed by atoms with E-state index >= 15 is 0 Å². The van der Waals surface area contributed by atoms with Gasteiger partial charge in [0.05, 0.1) is 13.2 Å². The SMILES string of the molecule is CC(C)CC(CNC(=O)c1ccc(COc2ccc(F)cc2)o1)N1CCOCC1. The molecule has 1 amide bonds. The van der Waals surface area contributed by atoms with Gasteiger partial charge < -0.3 is 19.2 Å². The van der Waals surface area contributed by atoms with Crippen molar-refractivity contribution in [1.82, 2.24) is 10.2 Å². The fourth-order valence-electron chi connectivity index (χ4n) is 3.41. The molecule has 1 aromatic heterocycles. The lowest BCUT2D eigenvalue weighted by Gasteiger charge is -2.35. The standard InChI is InChI=1S/C22H29FN2O4/c1-16(2)13-18(25-9-11-27-12-10-25)14-24-22(26)21-8-7-20(29-21)15-28-19-5-3-17(23)4-6-19/h3-8,16,18H,9-15H2,1-2H3,(H,24,26). The number of nitrogens with one attached hydrogen (secondary N) is 1. The molecule has 1 unspecified atom stereocenters. The smallest absolute Gasteiger partial charge is 0.287 e. The van der Waals surface area contributed by atoms with E-state index in [1.54, 1.807) is 24.3 Å². The third-order valence-corrected chi connectivity index (χ3v) is 4.88. The molecule has 0 radical (unpaired) electrons. The Balaban J connectivity index is 1.51. The molecule has 0 spiro atoms. The van der Waals surface area contributed by atoms with Gasteiger partial charge in [-0.1, -0.05) is 13.8 Å². The van der Waals surface area contributed by atoms with Crippen LogP contribution in [0.1, 0.15) is 36.6 Å². The van der Waals surface area contributed by atoms with Crippen LogP contribution in [0.4, 0.5) is 4.39 Å². The average molecular weight is 404 g/mol. The Morgan fingerprint density at radius 1 is 1.17 bits per heavy atom. The Morgan fingerprint density at radius 3 is 2.59 bits per heavy atom. The minimum absolute atomic E-state index is 0.169. The number of hydrogen-bond donors (Lipinski definition) is 1. The first-order chi connectivity index (χ1) is 14.0. The molecule has 29 heavy (non-hydrogen) atoms. The van der Waals surface area contributed by atoms with Crippen molar-refractivity contribution in [2.24, 2.45) is 5.92 Å². The van der Waals surface area contributed by atoms with Gasteiger partial charge in [0, 0.05) is 25.7 Å². The van der Waals surface area contributed by atoms with Crippen LogP contribution in [0.5, 0.6) is 5.75 Å². The Hall–Kier alpha value is -2.38. The van der Waals surface area contributed by atoms with E-state index < -0.39 is 0 Å². The molecule has 3 rings (SSSR count). The summed E-state index contributed by atoms with van der Waals surface area (Å²) in [6, 6.07) is 9.39. The second kappa shape index (κ2) is 10.4. The number of carbonyl (C=O) groups is 1. The zero-order valence-electron chi connectivity index (χ0n) is 17.0. The van der Waals surface area contributed by atoms with Crippen LogP contribution in [-0.2, 0) is 11.3 Å². The number of morpholine rings is 1. The Kier molecular flexibility index (Phi) is 7.66. The lowest BCUT2D eigenvalue weighted by molar-refractivity contribution is 0.0124. The van der Waals surface area contributed by atoms with Crippen molar-refractivity contribution < 1.29 is 23.1 Å². The van der Waals surface area contributed by atoms with Crippen molar-refractivity contribution in [3.63, 3.8) is 0 Å².